The van der Waals surface area contributed by atoms with E-state index in [1.807, 2.05) is 45.2 Å². The lowest BCUT2D eigenvalue weighted by molar-refractivity contribution is -0.231. The van der Waals surface area contributed by atoms with Crippen LogP contribution < -0.4 is 0 Å². The van der Waals surface area contributed by atoms with Crippen LogP contribution in [0.4, 0.5) is 4.39 Å². The summed E-state index contributed by atoms with van der Waals surface area (Å²) in [7, 11) is 0. The summed E-state index contributed by atoms with van der Waals surface area (Å²) < 4.78 is 30.7. The molecular weight excluding hydrogens is 499 g/mol. The number of allylic oxidation sites excluding steroid dienone is 4. The van der Waals surface area contributed by atoms with E-state index >= 15 is 4.39 Å². The van der Waals surface area contributed by atoms with Crippen LogP contribution in [0.2, 0.25) is 0 Å². The third-order valence-corrected chi connectivity index (χ3v) is 11.8. The maximum Gasteiger partial charge on any atom is 0.224 e. The predicted octanol–water partition coefficient (Wildman–Crippen LogP) is 5.41. The van der Waals surface area contributed by atoms with Crippen molar-refractivity contribution in [3.05, 3.63) is 46.2 Å². The second kappa shape index (κ2) is 8.09. The molecule has 1 aromatic heterocycles. The average Bonchev–Trinajstić information content (AvgIpc) is 3.53. The van der Waals surface area contributed by atoms with Gasteiger partial charge in [0.15, 0.2) is 23.3 Å². The normalized spacial score (nSPS) is 49.2. The van der Waals surface area contributed by atoms with E-state index in [9.17, 15) is 14.7 Å². The van der Waals surface area contributed by atoms with Crippen LogP contribution in [0.3, 0.4) is 0 Å². The molecule has 4 fully saturated rings. The summed E-state index contributed by atoms with van der Waals surface area (Å²) in [6.07, 6.45) is 3.29. The Morgan fingerprint density at radius 2 is 2.08 bits per heavy atom. The van der Waals surface area contributed by atoms with Crippen LogP contribution in [0.15, 0.2) is 41.3 Å². The Kier molecular flexibility index (Phi) is 5.61. The molecule has 2 unspecified atom stereocenters. The maximum absolute atomic E-state index is 17.6. The third kappa shape index (κ3) is 2.88. The number of fused-ring (bicyclic) bond motifs is 7. The van der Waals surface area contributed by atoms with Gasteiger partial charge in [0.2, 0.25) is 5.12 Å². The molecule has 194 valence electrons. The summed E-state index contributed by atoms with van der Waals surface area (Å²) in [4.78, 5) is 27.0. The standard InChI is InChI=1S/C28H33FO5S2/c1-5-35-24(32)28-22(33-23(34-28)20-7-6-10-36-20)13-18-19-11-15(2)17-12-16(30)8-9-25(17,3)27(19,29)21(31)14-26(18,28)4/h6-10,12,15,18-19,21-23,31H,5,11,13-14H2,1-4H3/t15-,18?,19-,21-,22+,23?,25-,26-,27-,28-/m0/s1. The van der Waals surface area contributed by atoms with Crippen LogP contribution in [0.5, 0.6) is 0 Å². The van der Waals surface area contributed by atoms with Crippen molar-refractivity contribution in [3.8, 4) is 0 Å². The summed E-state index contributed by atoms with van der Waals surface area (Å²) in [6.45, 7) is 7.80. The van der Waals surface area contributed by atoms with Crippen molar-refractivity contribution in [1.82, 2.24) is 0 Å². The van der Waals surface area contributed by atoms with Crippen LogP contribution in [-0.4, -0.2) is 45.2 Å². The molecule has 1 aliphatic heterocycles. The molecule has 10 atom stereocenters. The molecule has 0 bridgehead atoms. The van der Waals surface area contributed by atoms with E-state index in [1.54, 1.807) is 12.2 Å². The molecule has 4 aliphatic carbocycles. The first-order valence-electron chi connectivity index (χ1n) is 12.9. The van der Waals surface area contributed by atoms with Gasteiger partial charge in [0, 0.05) is 16.7 Å². The summed E-state index contributed by atoms with van der Waals surface area (Å²) in [5.41, 5.74) is -4.34. The predicted molar refractivity (Wildman–Crippen MR) is 137 cm³/mol. The van der Waals surface area contributed by atoms with E-state index in [4.69, 9.17) is 9.47 Å². The number of hydrogen-bond acceptors (Lipinski definition) is 7. The Balaban J connectivity index is 1.46. The topological polar surface area (TPSA) is 72.8 Å². The van der Waals surface area contributed by atoms with Crippen LogP contribution in [-0.2, 0) is 19.1 Å². The number of carbonyl (C=O) groups is 2. The number of halogens is 1. The number of ether oxygens (including phenoxy) is 2. The smallest absolute Gasteiger partial charge is 0.224 e. The Labute approximate surface area is 219 Å². The first-order chi connectivity index (χ1) is 17.0. The fourth-order valence-corrected chi connectivity index (χ4v) is 10.1. The highest BCUT2D eigenvalue weighted by atomic mass is 32.2. The SMILES string of the molecule is CCSC(=O)[C@@]12OC(c3cccs3)O[C@@H]1CC1[C@@H]3C[C@H](C)C4=CC(=O)C=C[C@]4(C)[C@@]3(F)[C@@H](O)C[C@@]12C. The van der Waals surface area contributed by atoms with Crippen molar-refractivity contribution < 1.29 is 28.6 Å². The third-order valence-electron chi connectivity index (χ3n) is 10.1. The van der Waals surface area contributed by atoms with Crippen molar-refractivity contribution in [2.45, 2.75) is 76.7 Å². The number of carbonyl (C=O) groups excluding carboxylic acids is 2. The highest BCUT2D eigenvalue weighted by Gasteiger charge is 2.80. The zero-order chi connectivity index (χ0) is 25.7. The molecule has 36 heavy (non-hydrogen) atoms. The van der Waals surface area contributed by atoms with Gasteiger partial charge in [-0.2, -0.15) is 0 Å². The van der Waals surface area contributed by atoms with E-state index in [0.29, 0.717) is 18.6 Å². The Hall–Kier alpha value is -1.32. The Morgan fingerprint density at radius 1 is 1.31 bits per heavy atom. The molecule has 0 aromatic carbocycles. The summed E-state index contributed by atoms with van der Waals surface area (Å²) in [5, 5.41) is 13.6. The van der Waals surface area contributed by atoms with Gasteiger partial charge in [-0.25, -0.2) is 4.39 Å². The lowest BCUT2D eigenvalue weighted by atomic mass is 9.43. The Bertz CT molecular complexity index is 1160. The van der Waals surface area contributed by atoms with E-state index in [0.717, 1.165) is 10.5 Å². The van der Waals surface area contributed by atoms with Gasteiger partial charge in [-0.15, -0.1) is 11.3 Å². The molecule has 5 nitrogen and oxygen atoms in total. The number of aliphatic hydroxyl groups excluding tert-OH is 1. The van der Waals surface area contributed by atoms with Gasteiger partial charge < -0.3 is 14.6 Å². The van der Waals surface area contributed by atoms with Crippen LogP contribution in [0.25, 0.3) is 0 Å². The zero-order valence-electron chi connectivity index (χ0n) is 21.0. The van der Waals surface area contributed by atoms with Gasteiger partial charge in [0.1, 0.15) is 0 Å². The van der Waals surface area contributed by atoms with Gasteiger partial charge in [-0.05, 0) is 67.4 Å². The van der Waals surface area contributed by atoms with E-state index < -0.39 is 46.5 Å². The summed E-state index contributed by atoms with van der Waals surface area (Å²) in [5.74, 6) is -0.277. The average molecular weight is 533 g/mol. The lowest BCUT2D eigenvalue weighted by Gasteiger charge is -2.63. The van der Waals surface area contributed by atoms with E-state index in [1.165, 1.54) is 29.2 Å². The van der Waals surface area contributed by atoms with E-state index in [-0.39, 0.29) is 29.2 Å². The van der Waals surface area contributed by atoms with Crippen LogP contribution in [0, 0.1) is 28.6 Å². The largest absolute Gasteiger partial charge is 0.390 e. The molecule has 1 N–H and O–H groups in total. The summed E-state index contributed by atoms with van der Waals surface area (Å²) in [6, 6.07) is 3.87. The number of alkyl halides is 1. The Morgan fingerprint density at radius 3 is 2.78 bits per heavy atom. The number of rotatable bonds is 3. The fraction of sp³-hybridized carbons (Fsp3) is 0.643. The number of aliphatic hydroxyl groups is 1. The van der Waals surface area contributed by atoms with Gasteiger partial charge >= 0.3 is 0 Å². The molecule has 0 spiro atoms. The molecule has 1 aromatic rings. The second-order valence-corrected chi connectivity index (χ2v) is 13.8. The quantitative estimate of drug-likeness (QED) is 0.562. The minimum absolute atomic E-state index is 0.0230. The van der Waals surface area contributed by atoms with Crippen molar-refractivity contribution in [2.24, 2.45) is 28.6 Å². The van der Waals surface area contributed by atoms with Crippen molar-refractivity contribution in [3.63, 3.8) is 0 Å². The van der Waals surface area contributed by atoms with Crippen molar-refractivity contribution >= 4 is 34.0 Å². The highest BCUT2D eigenvalue weighted by Crippen LogP contribution is 2.73. The van der Waals surface area contributed by atoms with Gasteiger partial charge in [0.05, 0.1) is 17.1 Å². The van der Waals surface area contributed by atoms with Gasteiger partial charge in [-0.1, -0.05) is 50.2 Å². The molecule has 3 saturated carbocycles. The van der Waals surface area contributed by atoms with Crippen molar-refractivity contribution in [2.75, 3.05) is 5.75 Å². The molecule has 8 heteroatoms. The van der Waals surface area contributed by atoms with Crippen molar-refractivity contribution in [1.29, 1.82) is 0 Å². The minimum atomic E-state index is -1.96. The number of ketones is 1. The van der Waals surface area contributed by atoms with Crippen LogP contribution >= 0.6 is 23.1 Å². The van der Waals surface area contributed by atoms with Gasteiger partial charge in [-0.3, -0.25) is 9.59 Å². The summed E-state index contributed by atoms with van der Waals surface area (Å²) >= 11 is 2.75. The lowest BCUT2D eigenvalue weighted by Crippen LogP contribution is -2.70. The molecular formula is C28H33FO5S2. The number of hydrogen-bond donors (Lipinski definition) is 1. The minimum Gasteiger partial charge on any atom is -0.390 e. The number of thioether (sulfide) groups is 1. The zero-order valence-corrected chi connectivity index (χ0v) is 22.7. The molecule has 0 amide bonds. The molecule has 5 aliphatic rings. The van der Waals surface area contributed by atoms with Gasteiger partial charge in [0.25, 0.3) is 0 Å². The molecule has 6 rings (SSSR count). The fourth-order valence-electron chi connectivity index (χ4n) is 8.48. The maximum atomic E-state index is 17.6. The number of thiophene rings is 1. The second-order valence-electron chi connectivity index (χ2n) is 11.6. The molecule has 2 heterocycles. The monoisotopic (exact) mass is 532 g/mol. The first kappa shape index (κ1) is 25.0. The molecule has 1 saturated heterocycles. The first-order valence-corrected chi connectivity index (χ1v) is 14.8. The molecule has 0 radical (unpaired) electrons. The van der Waals surface area contributed by atoms with Crippen LogP contribution in [0.1, 0.15) is 58.1 Å². The van der Waals surface area contributed by atoms with E-state index in [2.05, 4.69) is 0 Å². The highest BCUT2D eigenvalue weighted by molar-refractivity contribution is 8.13.